The van der Waals surface area contributed by atoms with E-state index in [1.54, 1.807) is 18.4 Å². The molecular formula is C13H14ClNO2. The van der Waals surface area contributed by atoms with Crippen LogP contribution in [0, 0.1) is 0 Å². The van der Waals surface area contributed by atoms with E-state index in [1.165, 1.54) is 0 Å². The first-order valence-corrected chi connectivity index (χ1v) is 5.80. The van der Waals surface area contributed by atoms with Gasteiger partial charge in [0.1, 0.15) is 11.9 Å². The van der Waals surface area contributed by atoms with Crippen molar-refractivity contribution in [1.29, 1.82) is 0 Å². The van der Waals surface area contributed by atoms with E-state index in [9.17, 15) is 5.11 Å². The van der Waals surface area contributed by atoms with Crippen molar-refractivity contribution in [2.24, 2.45) is 0 Å². The van der Waals surface area contributed by atoms with Gasteiger partial charge in [-0.1, -0.05) is 23.7 Å². The molecule has 1 atom stereocenters. The minimum atomic E-state index is -0.614. The van der Waals surface area contributed by atoms with Gasteiger partial charge in [-0.05, 0) is 29.8 Å². The topological polar surface area (TPSA) is 45.4 Å². The molecular weight excluding hydrogens is 238 g/mol. The van der Waals surface area contributed by atoms with Crippen molar-refractivity contribution < 1.29 is 9.52 Å². The molecule has 90 valence electrons. The number of hydrogen-bond acceptors (Lipinski definition) is 3. The predicted octanol–water partition coefficient (Wildman–Crippen LogP) is 2.76. The van der Waals surface area contributed by atoms with E-state index in [1.807, 2.05) is 24.3 Å². The highest BCUT2D eigenvalue weighted by Crippen LogP contribution is 2.12. The average molecular weight is 252 g/mol. The van der Waals surface area contributed by atoms with Crippen LogP contribution in [0.1, 0.15) is 17.4 Å². The number of hydrogen-bond donors (Lipinski definition) is 2. The summed E-state index contributed by atoms with van der Waals surface area (Å²) in [6.45, 7) is 1.14. The van der Waals surface area contributed by atoms with E-state index < -0.39 is 6.10 Å². The molecule has 2 N–H and O–H groups in total. The Balaban J connectivity index is 1.78. The Morgan fingerprint density at radius 3 is 2.65 bits per heavy atom. The van der Waals surface area contributed by atoms with Crippen LogP contribution in [0.2, 0.25) is 5.02 Å². The van der Waals surface area contributed by atoms with Gasteiger partial charge in [0, 0.05) is 18.1 Å². The van der Waals surface area contributed by atoms with Gasteiger partial charge in [0.15, 0.2) is 0 Å². The van der Waals surface area contributed by atoms with E-state index in [4.69, 9.17) is 16.0 Å². The lowest BCUT2D eigenvalue weighted by Gasteiger charge is -2.09. The Labute approximate surface area is 105 Å². The van der Waals surface area contributed by atoms with Crippen molar-refractivity contribution >= 4 is 11.6 Å². The molecule has 2 rings (SSSR count). The van der Waals surface area contributed by atoms with Gasteiger partial charge in [0.2, 0.25) is 0 Å². The zero-order valence-corrected chi connectivity index (χ0v) is 10.0. The number of aliphatic hydroxyl groups excluding tert-OH is 1. The summed E-state index contributed by atoms with van der Waals surface area (Å²) in [6.07, 6.45) is 0.940. The predicted molar refractivity (Wildman–Crippen MR) is 66.8 cm³/mol. The van der Waals surface area contributed by atoms with Gasteiger partial charge in [-0.15, -0.1) is 0 Å². The SMILES string of the molecule is OC(CNCc1ccc(Cl)cc1)c1ccco1. The first-order chi connectivity index (χ1) is 8.25. The Morgan fingerprint density at radius 2 is 2.00 bits per heavy atom. The molecule has 0 aliphatic rings. The number of halogens is 1. The molecule has 0 amide bonds. The van der Waals surface area contributed by atoms with E-state index in [0.29, 0.717) is 18.8 Å². The Hall–Kier alpha value is -1.29. The van der Waals surface area contributed by atoms with Crippen LogP contribution in [0.25, 0.3) is 0 Å². The lowest BCUT2D eigenvalue weighted by molar-refractivity contribution is 0.147. The van der Waals surface area contributed by atoms with E-state index in [2.05, 4.69) is 5.32 Å². The van der Waals surface area contributed by atoms with E-state index in [0.717, 1.165) is 10.6 Å². The summed E-state index contributed by atoms with van der Waals surface area (Å²) < 4.78 is 5.11. The van der Waals surface area contributed by atoms with Crippen molar-refractivity contribution in [3.8, 4) is 0 Å². The van der Waals surface area contributed by atoms with Gasteiger partial charge in [0.05, 0.1) is 6.26 Å². The van der Waals surface area contributed by atoms with Gasteiger partial charge in [-0.2, -0.15) is 0 Å². The van der Waals surface area contributed by atoms with Crippen LogP contribution in [0.15, 0.2) is 47.1 Å². The minimum Gasteiger partial charge on any atom is -0.467 e. The number of nitrogens with one attached hydrogen (secondary N) is 1. The molecule has 1 unspecified atom stereocenters. The zero-order chi connectivity index (χ0) is 12.1. The summed E-state index contributed by atoms with van der Waals surface area (Å²) in [5.41, 5.74) is 1.13. The molecule has 0 saturated heterocycles. The van der Waals surface area contributed by atoms with Crippen LogP contribution in [0.3, 0.4) is 0 Å². The quantitative estimate of drug-likeness (QED) is 0.859. The molecule has 0 fully saturated rings. The van der Waals surface area contributed by atoms with Gasteiger partial charge in [-0.3, -0.25) is 0 Å². The molecule has 0 radical (unpaired) electrons. The number of rotatable bonds is 5. The smallest absolute Gasteiger partial charge is 0.133 e. The minimum absolute atomic E-state index is 0.455. The van der Waals surface area contributed by atoms with E-state index >= 15 is 0 Å². The summed E-state index contributed by atoms with van der Waals surface area (Å²) >= 11 is 5.79. The Bertz CT molecular complexity index is 439. The average Bonchev–Trinajstić information content (AvgIpc) is 2.85. The summed E-state index contributed by atoms with van der Waals surface area (Å²) in [7, 11) is 0. The van der Waals surface area contributed by atoms with Crippen molar-refractivity contribution in [3.05, 3.63) is 59.0 Å². The molecule has 1 heterocycles. The second-order valence-corrected chi connectivity index (χ2v) is 4.23. The fourth-order valence-electron chi connectivity index (χ4n) is 1.54. The third-order valence-corrected chi connectivity index (χ3v) is 2.70. The van der Waals surface area contributed by atoms with Crippen molar-refractivity contribution in [2.45, 2.75) is 12.6 Å². The second-order valence-electron chi connectivity index (χ2n) is 3.79. The molecule has 2 aromatic rings. The molecule has 17 heavy (non-hydrogen) atoms. The summed E-state index contributed by atoms with van der Waals surface area (Å²) in [5.74, 6) is 0.577. The third-order valence-electron chi connectivity index (χ3n) is 2.45. The van der Waals surface area contributed by atoms with Gasteiger partial charge in [0.25, 0.3) is 0 Å². The number of benzene rings is 1. The molecule has 1 aromatic carbocycles. The number of aliphatic hydroxyl groups is 1. The molecule has 0 aliphatic carbocycles. The van der Waals surface area contributed by atoms with Crippen molar-refractivity contribution in [1.82, 2.24) is 5.32 Å². The molecule has 1 aromatic heterocycles. The first-order valence-electron chi connectivity index (χ1n) is 5.42. The zero-order valence-electron chi connectivity index (χ0n) is 9.27. The maximum Gasteiger partial charge on any atom is 0.133 e. The summed E-state index contributed by atoms with van der Waals surface area (Å²) in [5, 5.41) is 13.6. The number of furan rings is 1. The molecule has 0 bridgehead atoms. The lowest BCUT2D eigenvalue weighted by atomic mass is 10.2. The highest BCUT2D eigenvalue weighted by molar-refractivity contribution is 6.30. The monoisotopic (exact) mass is 251 g/mol. The molecule has 0 aliphatic heterocycles. The van der Waals surface area contributed by atoms with Crippen LogP contribution in [0.5, 0.6) is 0 Å². The fraction of sp³-hybridized carbons (Fsp3) is 0.231. The third kappa shape index (κ3) is 3.60. The summed E-state index contributed by atoms with van der Waals surface area (Å²) in [4.78, 5) is 0. The molecule has 0 spiro atoms. The van der Waals surface area contributed by atoms with Gasteiger partial charge < -0.3 is 14.8 Å². The van der Waals surface area contributed by atoms with Crippen molar-refractivity contribution in [2.75, 3.05) is 6.54 Å². The standard InChI is InChI=1S/C13H14ClNO2/c14-11-5-3-10(4-6-11)8-15-9-12(16)13-2-1-7-17-13/h1-7,12,15-16H,8-9H2. The maximum absolute atomic E-state index is 9.75. The molecule has 0 saturated carbocycles. The first kappa shape index (κ1) is 12.2. The van der Waals surface area contributed by atoms with Gasteiger partial charge >= 0.3 is 0 Å². The second kappa shape index (κ2) is 5.87. The Kier molecular flexibility index (Phi) is 4.20. The van der Waals surface area contributed by atoms with Crippen LogP contribution in [0.4, 0.5) is 0 Å². The Morgan fingerprint density at radius 1 is 1.24 bits per heavy atom. The fourth-order valence-corrected chi connectivity index (χ4v) is 1.66. The largest absolute Gasteiger partial charge is 0.467 e. The highest BCUT2D eigenvalue weighted by Gasteiger charge is 2.08. The normalized spacial score (nSPS) is 12.6. The van der Waals surface area contributed by atoms with Crippen LogP contribution in [-0.4, -0.2) is 11.7 Å². The van der Waals surface area contributed by atoms with Gasteiger partial charge in [-0.25, -0.2) is 0 Å². The van der Waals surface area contributed by atoms with Crippen LogP contribution < -0.4 is 5.32 Å². The maximum atomic E-state index is 9.75. The van der Waals surface area contributed by atoms with Crippen molar-refractivity contribution in [3.63, 3.8) is 0 Å². The highest BCUT2D eigenvalue weighted by atomic mass is 35.5. The molecule has 4 heteroatoms. The van der Waals surface area contributed by atoms with Crippen LogP contribution in [-0.2, 0) is 6.54 Å². The van der Waals surface area contributed by atoms with E-state index in [-0.39, 0.29) is 0 Å². The molecule has 3 nitrogen and oxygen atoms in total. The summed E-state index contributed by atoms with van der Waals surface area (Å²) in [6, 6.07) is 11.1. The van der Waals surface area contributed by atoms with Crippen LogP contribution >= 0.6 is 11.6 Å². The lowest BCUT2D eigenvalue weighted by Crippen LogP contribution is -2.20.